The van der Waals surface area contributed by atoms with E-state index in [9.17, 15) is 4.39 Å². The molecule has 0 saturated carbocycles. The van der Waals surface area contributed by atoms with Gasteiger partial charge in [0.05, 0.1) is 5.02 Å². The molecule has 4 rings (SSSR count). The van der Waals surface area contributed by atoms with Gasteiger partial charge in [0.25, 0.3) is 6.01 Å². The summed E-state index contributed by atoms with van der Waals surface area (Å²) in [7, 11) is 0. The molecule has 0 aliphatic carbocycles. The van der Waals surface area contributed by atoms with Crippen molar-refractivity contribution in [3.8, 4) is 5.69 Å². The van der Waals surface area contributed by atoms with Crippen molar-refractivity contribution in [2.75, 3.05) is 24.5 Å². The fourth-order valence-corrected chi connectivity index (χ4v) is 3.02. The lowest BCUT2D eigenvalue weighted by Crippen LogP contribution is -2.50. The number of halogens is 2. The van der Waals surface area contributed by atoms with Crippen LogP contribution in [0.3, 0.4) is 0 Å². The molecule has 23 heavy (non-hydrogen) atoms. The number of nitrogens with zero attached hydrogens (tertiary/aromatic N) is 4. The van der Waals surface area contributed by atoms with Crippen LogP contribution in [0.5, 0.6) is 0 Å². The molecule has 2 aromatic heterocycles. The highest BCUT2D eigenvalue weighted by molar-refractivity contribution is 6.31. The minimum Gasteiger partial charge on any atom is -0.421 e. The van der Waals surface area contributed by atoms with Crippen LogP contribution in [-0.4, -0.2) is 40.4 Å². The Morgan fingerprint density at radius 2 is 2.35 bits per heavy atom. The predicted molar refractivity (Wildman–Crippen MR) is 85.8 cm³/mol. The van der Waals surface area contributed by atoms with Crippen molar-refractivity contribution < 1.29 is 8.81 Å². The number of nitrogens with one attached hydrogen (secondary N) is 1. The van der Waals surface area contributed by atoms with Gasteiger partial charge in [-0.05, 0) is 19.1 Å². The van der Waals surface area contributed by atoms with Gasteiger partial charge in [-0.25, -0.2) is 9.07 Å². The average molecular weight is 336 g/mol. The number of aromatic nitrogens is 3. The van der Waals surface area contributed by atoms with Gasteiger partial charge < -0.3 is 14.6 Å². The molecule has 0 bridgehead atoms. The average Bonchev–Trinajstić information content (AvgIpc) is 3.21. The van der Waals surface area contributed by atoms with Crippen molar-refractivity contribution in [1.29, 1.82) is 0 Å². The van der Waals surface area contributed by atoms with Crippen molar-refractivity contribution in [2.45, 2.75) is 13.0 Å². The second-order valence-electron chi connectivity index (χ2n) is 5.56. The van der Waals surface area contributed by atoms with Gasteiger partial charge >= 0.3 is 0 Å². The van der Waals surface area contributed by atoms with E-state index < -0.39 is 5.82 Å². The zero-order valence-electron chi connectivity index (χ0n) is 12.5. The third-order valence-corrected chi connectivity index (χ3v) is 4.30. The van der Waals surface area contributed by atoms with Gasteiger partial charge in [0.1, 0.15) is 5.69 Å². The monoisotopic (exact) mass is 335 g/mol. The van der Waals surface area contributed by atoms with Crippen LogP contribution >= 0.6 is 11.6 Å². The zero-order valence-corrected chi connectivity index (χ0v) is 13.2. The van der Waals surface area contributed by atoms with Gasteiger partial charge in [-0.15, -0.1) is 0 Å². The van der Waals surface area contributed by atoms with Crippen LogP contribution in [0.2, 0.25) is 5.02 Å². The lowest BCUT2D eigenvalue weighted by Gasteiger charge is -2.32. The van der Waals surface area contributed by atoms with Crippen LogP contribution < -0.4 is 10.2 Å². The number of piperazine rings is 1. The summed E-state index contributed by atoms with van der Waals surface area (Å²) in [5.41, 5.74) is 1.04. The molecule has 0 spiro atoms. The third kappa shape index (κ3) is 2.36. The van der Waals surface area contributed by atoms with Crippen LogP contribution in [0.25, 0.3) is 16.8 Å². The lowest BCUT2D eigenvalue weighted by molar-refractivity contribution is 0.456. The van der Waals surface area contributed by atoms with E-state index in [1.807, 2.05) is 4.90 Å². The Morgan fingerprint density at radius 1 is 1.48 bits per heavy atom. The second kappa shape index (κ2) is 5.50. The highest BCUT2D eigenvalue weighted by atomic mass is 35.5. The number of hydrogen-bond donors (Lipinski definition) is 1. The van der Waals surface area contributed by atoms with E-state index in [1.54, 1.807) is 23.1 Å². The van der Waals surface area contributed by atoms with Crippen molar-refractivity contribution in [1.82, 2.24) is 20.1 Å². The molecule has 1 N–H and O–H groups in total. The molecule has 1 aliphatic heterocycles. The Hall–Kier alpha value is -2.12. The highest BCUT2D eigenvalue weighted by Gasteiger charge is 2.26. The zero-order chi connectivity index (χ0) is 16.0. The van der Waals surface area contributed by atoms with Crippen molar-refractivity contribution in [3.63, 3.8) is 0 Å². The Balaban J connectivity index is 1.90. The maximum Gasteiger partial charge on any atom is 0.298 e. The van der Waals surface area contributed by atoms with Gasteiger partial charge in [-0.3, -0.25) is 0 Å². The summed E-state index contributed by atoms with van der Waals surface area (Å²) in [5.74, 6) is -0.574. The largest absolute Gasteiger partial charge is 0.421 e. The first kappa shape index (κ1) is 14.5. The molecule has 0 radical (unpaired) electrons. The van der Waals surface area contributed by atoms with E-state index in [1.165, 1.54) is 6.07 Å². The number of anilines is 1. The molecular weight excluding hydrogens is 321 g/mol. The summed E-state index contributed by atoms with van der Waals surface area (Å²) in [5, 5.41) is 7.47. The highest BCUT2D eigenvalue weighted by Crippen LogP contribution is 2.33. The molecule has 1 fully saturated rings. The number of rotatable bonds is 2. The standard InChI is InChI=1S/C15H15ClFN5O/c1-9-8-18-4-6-21(9)15-20-13-12(17)10(16)7-11(14(13)23-15)22-5-2-3-19-22/h2-3,5,7,9,18H,4,6,8H2,1H3. The van der Waals surface area contributed by atoms with Crippen molar-refractivity contribution in [2.24, 2.45) is 0 Å². The number of oxazole rings is 1. The Morgan fingerprint density at radius 3 is 3.09 bits per heavy atom. The van der Waals surface area contributed by atoms with Crippen molar-refractivity contribution in [3.05, 3.63) is 35.4 Å². The lowest BCUT2D eigenvalue weighted by atomic mass is 10.2. The van der Waals surface area contributed by atoms with Crippen LogP contribution in [0.15, 0.2) is 28.9 Å². The van der Waals surface area contributed by atoms with Crippen LogP contribution in [0.4, 0.5) is 10.4 Å². The fraction of sp³-hybridized carbons (Fsp3) is 0.333. The van der Waals surface area contributed by atoms with E-state index in [2.05, 4.69) is 22.3 Å². The summed E-state index contributed by atoms with van der Waals surface area (Å²) in [6, 6.07) is 3.90. The Bertz CT molecular complexity index is 847. The van der Waals surface area contributed by atoms with Crippen molar-refractivity contribution >= 4 is 28.7 Å². The molecule has 1 atom stereocenters. The van der Waals surface area contributed by atoms with Gasteiger partial charge in [0, 0.05) is 38.1 Å². The predicted octanol–water partition coefficient (Wildman–Crippen LogP) is 2.60. The van der Waals surface area contributed by atoms with E-state index in [0.29, 0.717) is 17.3 Å². The minimum atomic E-state index is -0.574. The smallest absolute Gasteiger partial charge is 0.298 e. The first-order valence-electron chi connectivity index (χ1n) is 7.41. The molecule has 120 valence electrons. The number of fused-ring (bicyclic) bond motifs is 1. The molecule has 1 aliphatic rings. The minimum absolute atomic E-state index is 0.00351. The van der Waals surface area contributed by atoms with Crippen LogP contribution in [-0.2, 0) is 0 Å². The van der Waals surface area contributed by atoms with Gasteiger partial charge in [-0.1, -0.05) is 11.6 Å². The number of hydrogen-bond acceptors (Lipinski definition) is 5. The third-order valence-electron chi connectivity index (χ3n) is 4.03. The molecule has 0 amide bonds. The van der Waals surface area contributed by atoms with Gasteiger partial charge in [0.2, 0.25) is 0 Å². The van der Waals surface area contributed by atoms with Crippen LogP contribution in [0, 0.1) is 5.82 Å². The van der Waals surface area contributed by atoms with E-state index >= 15 is 0 Å². The summed E-state index contributed by atoms with van der Waals surface area (Å²) >= 11 is 6.01. The van der Waals surface area contributed by atoms with E-state index in [4.69, 9.17) is 16.0 Å². The quantitative estimate of drug-likeness (QED) is 0.780. The SMILES string of the molecule is CC1CNCCN1c1nc2c(F)c(Cl)cc(-n3cccn3)c2o1. The molecule has 1 saturated heterocycles. The summed E-state index contributed by atoms with van der Waals surface area (Å²) in [6.07, 6.45) is 3.39. The first-order valence-corrected chi connectivity index (χ1v) is 7.79. The molecule has 1 unspecified atom stereocenters. The topological polar surface area (TPSA) is 59.1 Å². The van der Waals surface area contributed by atoms with E-state index in [0.717, 1.165) is 19.6 Å². The van der Waals surface area contributed by atoms with E-state index in [-0.39, 0.29) is 16.6 Å². The van der Waals surface area contributed by atoms with Crippen LogP contribution in [0.1, 0.15) is 6.92 Å². The summed E-state index contributed by atoms with van der Waals surface area (Å²) < 4.78 is 21.9. The molecule has 8 heteroatoms. The molecule has 3 aromatic rings. The fourth-order valence-electron chi connectivity index (χ4n) is 2.82. The summed E-state index contributed by atoms with van der Waals surface area (Å²) in [6.45, 7) is 4.48. The Kier molecular flexibility index (Phi) is 3.46. The maximum absolute atomic E-state index is 14.4. The number of benzene rings is 1. The maximum atomic E-state index is 14.4. The molecular formula is C15H15ClFN5O. The molecule has 3 heterocycles. The first-order chi connectivity index (χ1) is 11.1. The van der Waals surface area contributed by atoms with Gasteiger partial charge in [-0.2, -0.15) is 10.1 Å². The second-order valence-corrected chi connectivity index (χ2v) is 5.97. The normalized spacial score (nSPS) is 18.7. The Labute approximate surface area is 136 Å². The molecule has 1 aromatic carbocycles. The van der Waals surface area contributed by atoms with Gasteiger partial charge in [0.15, 0.2) is 16.9 Å². The summed E-state index contributed by atoms with van der Waals surface area (Å²) in [4.78, 5) is 6.37. The molecule has 6 nitrogen and oxygen atoms in total.